The lowest BCUT2D eigenvalue weighted by molar-refractivity contribution is -0.147. The molecule has 3 atom stereocenters. The quantitative estimate of drug-likeness (QED) is 0.511. The van der Waals surface area contributed by atoms with Crippen LogP contribution in [0.15, 0.2) is 30.9 Å². The Hall–Kier alpha value is -1.32. The predicted molar refractivity (Wildman–Crippen MR) is 96.5 cm³/mol. The average molecular weight is 369 g/mol. The van der Waals surface area contributed by atoms with E-state index >= 15 is 0 Å². The first-order chi connectivity index (χ1) is 11.5. The summed E-state index contributed by atoms with van der Waals surface area (Å²) in [6.45, 7) is 5.99. The number of carbonyl (C=O) groups is 2. The maximum atomic E-state index is 12.9. The fraction of sp³-hybridized carbons (Fsp3) is 0.474. The molecule has 0 N–H and O–H groups in total. The van der Waals surface area contributed by atoms with Crippen LogP contribution in [0, 0.1) is 11.8 Å². The lowest BCUT2D eigenvalue weighted by Crippen LogP contribution is -2.33. The largest absolute Gasteiger partial charge is 0.466 e. The maximum absolute atomic E-state index is 12.9. The number of esters is 1. The fourth-order valence-corrected chi connectivity index (χ4v) is 3.97. The van der Waals surface area contributed by atoms with Gasteiger partial charge in [0.15, 0.2) is 0 Å². The monoisotopic (exact) mass is 368 g/mol. The third-order valence-electron chi connectivity index (χ3n) is 4.56. The summed E-state index contributed by atoms with van der Waals surface area (Å²) >= 11 is 12.3. The van der Waals surface area contributed by atoms with Crippen molar-refractivity contribution in [3.63, 3.8) is 0 Å². The van der Waals surface area contributed by atoms with Gasteiger partial charge in [0.05, 0.1) is 13.0 Å². The molecule has 0 bridgehead atoms. The maximum Gasteiger partial charge on any atom is 0.306 e. The summed E-state index contributed by atoms with van der Waals surface area (Å²) in [6.07, 6.45) is 4.32. The summed E-state index contributed by atoms with van der Waals surface area (Å²) in [5.74, 6) is -0.876. The smallest absolute Gasteiger partial charge is 0.306 e. The first-order valence-corrected chi connectivity index (χ1v) is 9.00. The van der Waals surface area contributed by atoms with Gasteiger partial charge in [-0.15, -0.1) is 6.58 Å². The van der Waals surface area contributed by atoms with Gasteiger partial charge in [0.1, 0.15) is 5.78 Å². The number of hydrogen-bond acceptors (Lipinski definition) is 3. The summed E-state index contributed by atoms with van der Waals surface area (Å²) in [7, 11) is 0. The van der Waals surface area contributed by atoms with Crippen LogP contribution in [0.2, 0.25) is 10.0 Å². The molecule has 1 aliphatic carbocycles. The molecule has 24 heavy (non-hydrogen) atoms. The number of carbonyl (C=O) groups excluding carboxylic acids is 2. The lowest BCUT2D eigenvalue weighted by Gasteiger charge is -2.32. The van der Waals surface area contributed by atoms with E-state index in [1.165, 1.54) is 0 Å². The van der Waals surface area contributed by atoms with Gasteiger partial charge in [0, 0.05) is 27.8 Å². The molecule has 1 aliphatic rings. The van der Waals surface area contributed by atoms with Gasteiger partial charge < -0.3 is 4.74 Å². The zero-order valence-corrected chi connectivity index (χ0v) is 15.3. The molecule has 1 aromatic rings. The van der Waals surface area contributed by atoms with Gasteiger partial charge in [-0.25, -0.2) is 0 Å². The first-order valence-electron chi connectivity index (χ1n) is 8.24. The summed E-state index contributed by atoms with van der Waals surface area (Å²) in [6, 6.07) is 5.29. The fourth-order valence-electron chi connectivity index (χ4n) is 3.43. The van der Waals surface area contributed by atoms with Gasteiger partial charge in [0.25, 0.3) is 0 Å². The van der Waals surface area contributed by atoms with Crippen molar-refractivity contribution in [3.05, 3.63) is 46.5 Å². The van der Waals surface area contributed by atoms with Crippen LogP contribution in [-0.4, -0.2) is 18.4 Å². The van der Waals surface area contributed by atoms with Gasteiger partial charge in [-0.3, -0.25) is 9.59 Å². The Morgan fingerprint density at radius 3 is 2.79 bits per heavy atom. The minimum absolute atomic E-state index is 0.102. The highest BCUT2D eigenvalue weighted by atomic mass is 35.5. The molecule has 130 valence electrons. The zero-order chi connectivity index (χ0) is 17.7. The Morgan fingerprint density at radius 2 is 2.17 bits per heavy atom. The minimum Gasteiger partial charge on any atom is -0.466 e. The molecule has 3 nitrogen and oxygen atoms in total. The van der Waals surface area contributed by atoms with Gasteiger partial charge in [-0.05, 0) is 37.5 Å². The van der Waals surface area contributed by atoms with Gasteiger partial charge in [-0.1, -0.05) is 41.8 Å². The molecule has 0 saturated heterocycles. The Bertz CT molecular complexity index is 627. The molecule has 0 spiro atoms. The van der Waals surface area contributed by atoms with Crippen LogP contribution in [0.1, 0.15) is 44.1 Å². The average Bonchev–Trinajstić information content (AvgIpc) is 2.53. The van der Waals surface area contributed by atoms with Crippen molar-refractivity contribution in [2.24, 2.45) is 11.8 Å². The molecule has 1 aromatic carbocycles. The molecule has 0 aliphatic heterocycles. The van der Waals surface area contributed by atoms with Gasteiger partial charge in [-0.2, -0.15) is 0 Å². The molecule has 0 amide bonds. The van der Waals surface area contributed by atoms with Crippen LogP contribution in [0.3, 0.4) is 0 Å². The number of hydrogen-bond donors (Lipinski definition) is 0. The summed E-state index contributed by atoms with van der Waals surface area (Å²) < 4.78 is 4.98. The molecule has 0 aromatic heterocycles. The summed E-state index contributed by atoms with van der Waals surface area (Å²) in [5, 5.41) is 1.09. The van der Waals surface area contributed by atoms with E-state index in [4.69, 9.17) is 27.9 Å². The van der Waals surface area contributed by atoms with Crippen LogP contribution in [0.4, 0.5) is 0 Å². The molecular weight excluding hydrogens is 347 g/mol. The number of ketones is 1. The second-order valence-corrected chi connectivity index (χ2v) is 6.92. The second-order valence-electron chi connectivity index (χ2n) is 6.07. The highest BCUT2D eigenvalue weighted by Gasteiger charge is 2.37. The van der Waals surface area contributed by atoms with Crippen molar-refractivity contribution in [3.8, 4) is 0 Å². The predicted octanol–water partition coefficient (Wildman–Crippen LogP) is 5.20. The van der Waals surface area contributed by atoms with E-state index in [2.05, 4.69) is 6.58 Å². The summed E-state index contributed by atoms with van der Waals surface area (Å²) in [4.78, 5) is 24.6. The SMILES string of the molecule is C=C[C@H](c1ccc(Cl)cc1Cl)[C@H]1CCC[C@H](CC(=O)OCC)C1=O. The molecule has 0 heterocycles. The molecule has 0 radical (unpaired) electrons. The summed E-state index contributed by atoms with van der Waals surface area (Å²) in [5.41, 5.74) is 0.853. The number of rotatable bonds is 6. The van der Waals surface area contributed by atoms with Crippen molar-refractivity contribution >= 4 is 35.0 Å². The number of Topliss-reactive ketones (excluding diaryl/α,β-unsaturated/α-hetero) is 1. The van der Waals surface area contributed by atoms with Crippen molar-refractivity contribution in [1.29, 1.82) is 0 Å². The van der Waals surface area contributed by atoms with E-state index in [-0.39, 0.29) is 35.9 Å². The van der Waals surface area contributed by atoms with E-state index < -0.39 is 0 Å². The van der Waals surface area contributed by atoms with Crippen LogP contribution in [-0.2, 0) is 14.3 Å². The normalized spacial score (nSPS) is 22.0. The topological polar surface area (TPSA) is 43.4 Å². The molecule has 1 saturated carbocycles. The number of halogens is 2. The van der Waals surface area contributed by atoms with Crippen molar-refractivity contribution < 1.29 is 14.3 Å². The highest BCUT2D eigenvalue weighted by Crippen LogP contribution is 2.40. The minimum atomic E-state index is -0.309. The van der Waals surface area contributed by atoms with E-state index in [0.29, 0.717) is 16.7 Å². The Kier molecular flexibility index (Phi) is 6.88. The third-order valence-corrected chi connectivity index (χ3v) is 5.13. The third kappa shape index (κ3) is 4.40. The van der Waals surface area contributed by atoms with Crippen molar-refractivity contribution in [1.82, 2.24) is 0 Å². The van der Waals surface area contributed by atoms with Crippen molar-refractivity contribution in [2.75, 3.05) is 6.61 Å². The van der Waals surface area contributed by atoms with E-state index in [1.54, 1.807) is 25.1 Å². The van der Waals surface area contributed by atoms with E-state index in [9.17, 15) is 9.59 Å². The first kappa shape index (κ1) is 19.0. The highest BCUT2D eigenvalue weighted by molar-refractivity contribution is 6.35. The molecule has 5 heteroatoms. The Morgan fingerprint density at radius 1 is 1.42 bits per heavy atom. The molecule has 0 unspecified atom stereocenters. The second kappa shape index (κ2) is 8.68. The zero-order valence-electron chi connectivity index (χ0n) is 13.8. The van der Waals surface area contributed by atoms with Gasteiger partial charge >= 0.3 is 5.97 Å². The van der Waals surface area contributed by atoms with Crippen LogP contribution < -0.4 is 0 Å². The van der Waals surface area contributed by atoms with Gasteiger partial charge in [0.2, 0.25) is 0 Å². The van der Waals surface area contributed by atoms with E-state index in [1.807, 2.05) is 6.07 Å². The van der Waals surface area contributed by atoms with Crippen LogP contribution >= 0.6 is 23.2 Å². The molecular formula is C19H22Cl2O3. The molecule has 1 fully saturated rings. The van der Waals surface area contributed by atoms with Crippen molar-refractivity contribution in [2.45, 2.75) is 38.5 Å². The molecule has 2 rings (SSSR count). The number of allylic oxidation sites excluding steroid dienone is 1. The van der Waals surface area contributed by atoms with Crippen LogP contribution in [0.5, 0.6) is 0 Å². The Labute approximate surface area is 153 Å². The number of ether oxygens (including phenoxy) is 1. The standard InChI is InChI=1S/C19H22Cl2O3/c1-3-14(15-9-8-13(20)11-17(15)21)16-7-5-6-12(19(16)23)10-18(22)24-4-2/h3,8-9,11-12,14,16H,1,4-7,10H2,2H3/t12-,14-,16-/m1/s1. The Balaban J connectivity index is 2.20. The lowest BCUT2D eigenvalue weighted by atomic mass is 9.71. The number of benzene rings is 1. The van der Waals surface area contributed by atoms with Crippen LogP contribution in [0.25, 0.3) is 0 Å². The van der Waals surface area contributed by atoms with E-state index in [0.717, 1.165) is 24.8 Å².